The molecule has 0 bridgehead atoms. The van der Waals surface area contributed by atoms with Crippen molar-refractivity contribution in [1.82, 2.24) is 0 Å². The van der Waals surface area contributed by atoms with Crippen LogP contribution in [0.25, 0.3) is 0 Å². The number of amides is 1. The lowest BCUT2D eigenvalue weighted by molar-refractivity contribution is -0.119. The average Bonchev–Trinajstić information content (AvgIpc) is 2.62. The van der Waals surface area contributed by atoms with Crippen molar-refractivity contribution >= 4 is 52.4 Å². The number of esters is 1. The summed E-state index contributed by atoms with van der Waals surface area (Å²) >= 11 is 17.8. The van der Waals surface area contributed by atoms with Crippen LogP contribution < -0.4 is 14.8 Å². The Morgan fingerprint density at radius 1 is 1.04 bits per heavy atom. The molecule has 2 aromatic carbocycles. The van der Waals surface area contributed by atoms with E-state index in [0.717, 1.165) is 0 Å². The zero-order valence-corrected chi connectivity index (χ0v) is 17.6. The van der Waals surface area contributed by atoms with E-state index in [1.165, 1.54) is 31.4 Å². The molecule has 0 aliphatic carbocycles. The number of nitrogens with one attached hydrogen (secondary N) is 1. The van der Waals surface area contributed by atoms with Gasteiger partial charge < -0.3 is 19.5 Å². The minimum absolute atomic E-state index is 0.0538. The second kappa shape index (κ2) is 9.87. The first-order valence-corrected chi connectivity index (χ1v) is 9.31. The molecule has 150 valence electrons. The summed E-state index contributed by atoms with van der Waals surface area (Å²) in [6, 6.07) is 7.47. The molecule has 0 saturated heterocycles. The van der Waals surface area contributed by atoms with Gasteiger partial charge in [-0.15, -0.1) is 0 Å². The summed E-state index contributed by atoms with van der Waals surface area (Å²) in [7, 11) is 1.46. The van der Waals surface area contributed by atoms with Gasteiger partial charge in [0.15, 0.2) is 18.1 Å². The lowest BCUT2D eigenvalue weighted by atomic mass is 10.2. The molecule has 0 spiro atoms. The van der Waals surface area contributed by atoms with Crippen LogP contribution in [0.3, 0.4) is 0 Å². The summed E-state index contributed by atoms with van der Waals surface area (Å²) in [5.41, 5.74) is 0.397. The third kappa shape index (κ3) is 5.92. The van der Waals surface area contributed by atoms with Crippen LogP contribution in [-0.4, -0.2) is 31.7 Å². The Kier molecular flexibility index (Phi) is 7.80. The highest BCUT2D eigenvalue weighted by atomic mass is 35.5. The minimum atomic E-state index is -0.696. The van der Waals surface area contributed by atoms with Gasteiger partial charge >= 0.3 is 5.97 Å². The van der Waals surface area contributed by atoms with Crippen LogP contribution in [0.15, 0.2) is 30.3 Å². The summed E-state index contributed by atoms with van der Waals surface area (Å²) in [5.74, 6) is -0.421. The molecule has 0 aromatic heterocycles. The van der Waals surface area contributed by atoms with Gasteiger partial charge in [-0.3, -0.25) is 4.79 Å². The topological polar surface area (TPSA) is 73.9 Å². The molecule has 0 aliphatic rings. The van der Waals surface area contributed by atoms with E-state index >= 15 is 0 Å². The van der Waals surface area contributed by atoms with E-state index in [1.54, 1.807) is 6.07 Å². The van der Waals surface area contributed by atoms with Crippen LogP contribution in [0.2, 0.25) is 15.1 Å². The molecule has 2 aromatic rings. The quantitative estimate of drug-likeness (QED) is 0.589. The Balaban J connectivity index is 2.01. The molecule has 0 unspecified atom stereocenters. The van der Waals surface area contributed by atoms with Crippen molar-refractivity contribution in [1.29, 1.82) is 0 Å². The SMILES string of the molecule is COc1cc(C(=O)OCC(=O)Nc2c(Cl)cc(Cl)cc2Cl)ccc1OC(C)C. The van der Waals surface area contributed by atoms with Crippen LogP contribution in [0, 0.1) is 0 Å². The molecule has 0 fully saturated rings. The van der Waals surface area contributed by atoms with E-state index in [-0.39, 0.29) is 27.4 Å². The molecule has 0 heterocycles. The number of ether oxygens (including phenoxy) is 3. The third-order valence-corrected chi connectivity index (χ3v) is 4.18. The Morgan fingerprint density at radius 3 is 2.25 bits per heavy atom. The summed E-state index contributed by atoms with van der Waals surface area (Å²) in [6.07, 6.45) is -0.0538. The monoisotopic (exact) mass is 445 g/mol. The van der Waals surface area contributed by atoms with Crippen LogP contribution in [0.4, 0.5) is 5.69 Å². The Labute approximate surface area is 177 Å². The van der Waals surface area contributed by atoms with Crippen molar-refractivity contribution in [3.8, 4) is 11.5 Å². The number of anilines is 1. The number of hydrogen-bond donors (Lipinski definition) is 1. The first-order valence-electron chi connectivity index (χ1n) is 8.17. The molecular weight excluding hydrogens is 429 g/mol. The van der Waals surface area contributed by atoms with Gasteiger partial charge in [0.2, 0.25) is 0 Å². The molecule has 9 heteroatoms. The zero-order valence-electron chi connectivity index (χ0n) is 15.3. The molecule has 1 N–H and O–H groups in total. The molecule has 0 radical (unpaired) electrons. The van der Waals surface area contributed by atoms with Gasteiger partial charge in [0.05, 0.1) is 34.5 Å². The van der Waals surface area contributed by atoms with Crippen molar-refractivity contribution in [3.63, 3.8) is 0 Å². The lowest BCUT2D eigenvalue weighted by Crippen LogP contribution is -2.21. The molecule has 6 nitrogen and oxygen atoms in total. The van der Waals surface area contributed by atoms with E-state index in [9.17, 15) is 9.59 Å². The van der Waals surface area contributed by atoms with Crippen molar-refractivity contribution in [2.75, 3.05) is 19.0 Å². The molecule has 28 heavy (non-hydrogen) atoms. The Hall–Kier alpha value is -2.15. The van der Waals surface area contributed by atoms with Gasteiger partial charge in [0, 0.05) is 5.02 Å². The number of benzene rings is 2. The van der Waals surface area contributed by atoms with E-state index < -0.39 is 18.5 Å². The molecular formula is C19H18Cl3NO5. The van der Waals surface area contributed by atoms with Gasteiger partial charge in [-0.2, -0.15) is 0 Å². The summed E-state index contributed by atoms with van der Waals surface area (Å²) in [6.45, 7) is 3.22. The zero-order chi connectivity index (χ0) is 20.8. The first kappa shape index (κ1) is 22.1. The Bertz CT molecular complexity index is 863. The predicted octanol–water partition coefficient (Wildman–Crippen LogP) is 5.24. The van der Waals surface area contributed by atoms with Crippen molar-refractivity contribution < 1.29 is 23.8 Å². The molecule has 2 rings (SSSR count). The van der Waals surface area contributed by atoms with Gasteiger partial charge in [-0.25, -0.2) is 4.79 Å². The highest BCUT2D eigenvalue weighted by Gasteiger charge is 2.16. The van der Waals surface area contributed by atoms with Crippen molar-refractivity contribution in [3.05, 3.63) is 51.0 Å². The van der Waals surface area contributed by atoms with E-state index in [1.807, 2.05) is 13.8 Å². The first-order chi connectivity index (χ1) is 13.2. The Morgan fingerprint density at radius 2 is 1.68 bits per heavy atom. The van der Waals surface area contributed by atoms with Gasteiger partial charge in [-0.05, 0) is 44.2 Å². The molecule has 1 amide bonds. The van der Waals surface area contributed by atoms with E-state index in [4.69, 9.17) is 49.0 Å². The average molecular weight is 447 g/mol. The number of methoxy groups -OCH3 is 1. The fourth-order valence-corrected chi connectivity index (χ4v) is 3.11. The number of halogens is 3. The largest absolute Gasteiger partial charge is 0.493 e. The van der Waals surface area contributed by atoms with Crippen molar-refractivity contribution in [2.45, 2.75) is 20.0 Å². The maximum absolute atomic E-state index is 12.2. The van der Waals surface area contributed by atoms with Crippen LogP contribution >= 0.6 is 34.8 Å². The van der Waals surface area contributed by atoms with Gasteiger partial charge in [0.1, 0.15) is 0 Å². The van der Waals surface area contributed by atoms with Crippen LogP contribution in [-0.2, 0) is 9.53 Å². The van der Waals surface area contributed by atoms with E-state index in [2.05, 4.69) is 5.32 Å². The lowest BCUT2D eigenvalue weighted by Gasteiger charge is -2.14. The standard InChI is InChI=1S/C19H18Cl3NO5/c1-10(2)28-15-5-4-11(6-16(15)26-3)19(25)27-9-17(24)23-18-13(21)7-12(20)8-14(18)22/h4-8,10H,9H2,1-3H3,(H,23,24). The molecule has 0 atom stereocenters. The number of carbonyl (C=O) groups excluding carboxylic acids is 2. The maximum Gasteiger partial charge on any atom is 0.338 e. The van der Waals surface area contributed by atoms with Gasteiger partial charge in [-0.1, -0.05) is 34.8 Å². The highest BCUT2D eigenvalue weighted by Crippen LogP contribution is 2.33. The van der Waals surface area contributed by atoms with Crippen molar-refractivity contribution in [2.24, 2.45) is 0 Å². The summed E-state index contributed by atoms with van der Waals surface area (Å²) < 4.78 is 15.8. The fourth-order valence-electron chi connectivity index (χ4n) is 2.20. The normalized spacial score (nSPS) is 10.5. The highest BCUT2D eigenvalue weighted by molar-refractivity contribution is 6.42. The summed E-state index contributed by atoms with van der Waals surface area (Å²) in [4.78, 5) is 24.3. The number of rotatable bonds is 7. The predicted molar refractivity (Wildman–Crippen MR) is 109 cm³/mol. The third-order valence-electron chi connectivity index (χ3n) is 3.37. The second-order valence-electron chi connectivity index (χ2n) is 5.90. The number of carbonyl (C=O) groups is 2. The smallest absolute Gasteiger partial charge is 0.338 e. The molecule has 0 saturated carbocycles. The summed E-state index contributed by atoms with van der Waals surface area (Å²) in [5, 5.41) is 3.15. The maximum atomic E-state index is 12.2. The van der Waals surface area contributed by atoms with E-state index in [0.29, 0.717) is 16.5 Å². The second-order valence-corrected chi connectivity index (χ2v) is 7.15. The van der Waals surface area contributed by atoms with Crippen LogP contribution in [0.1, 0.15) is 24.2 Å². The number of hydrogen-bond acceptors (Lipinski definition) is 5. The van der Waals surface area contributed by atoms with Crippen LogP contribution in [0.5, 0.6) is 11.5 Å². The van der Waals surface area contributed by atoms with Gasteiger partial charge in [0.25, 0.3) is 5.91 Å². The molecule has 0 aliphatic heterocycles. The fraction of sp³-hybridized carbons (Fsp3) is 0.263. The minimum Gasteiger partial charge on any atom is -0.493 e.